The Bertz CT molecular complexity index is 1400. The van der Waals surface area contributed by atoms with Crippen molar-refractivity contribution in [3.8, 4) is 17.0 Å². The molecular formula is C26H22N4O6. The van der Waals surface area contributed by atoms with Crippen molar-refractivity contribution in [2.24, 2.45) is 0 Å². The molecule has 0 fully saturated rings. The lowest BCUT2D eigenvalue weighted by Crippen LogP contribution is -2.21. The van der Waals surface area contributed by atoms with Crippen molar-refractivity contribution >= 4 is 23.3 Å². The number of carbonyl (C=O) groups is 2. The number of esters is 1. The van der Waals surface area contributed by atoms with E-state index in [2.05, 4.69) is 10.4 Å². The van der Waals surface area contributed by atoms with Crippen LogP contribution in [0.3, 0.4) is 0 Å². The largest absolute Gasteiger partial charge is 0.496 e. The van der Waals surface area contributed by atoms with E-state index < -0.39 is 23.4 Å². The molecule has 0 aliphatic carbocycles. The van der Waals surface area contributed by atoms with Crippen LogP contribution >= 0.6 is 0 Å². The Labute approximate surface area is 206 Å². The van der Waals surface area contributed by atoms with Crippen molar-refractivity contribution in [1.29, 1.82) is 0 Å². The second-order valence-electron chi connectivity index (χ2n) is 7.67. The number of rotatable bonds is 9. The Morgan fingerprint density at radius 2 is 1.69 bits per heavy atom. The molecule has 1 aromatic heterocycles. The predicted octanol–water partition coefficient (Wildman–Crippen LogP) is 4.31. The number of nitro groups is 1. The standard InChI is InChI=1S/C26H22N4O6/c1-35-23-14-8-5-11-19(23)25-20(16-29(28-25)15-18-9-3-2-4-10-18)26(32)36-17-24(31)27-21-12-6-7-13-22(21)30(33)34/h2-14,16H,15,17H2,1H3,(H,27,31). The van der Waals surface area contributed by atoms with Crippen molar-refractivity contribution < 1.29 is 24.0 Å². The highest BCUT2D eigenvalue weighted by Gasteiger charge is 2.23. The van der Waals surface area contributed by atoms with Gasteiger partial charge in [-0.2, -0.15) is 5.10 Å². The minimum atomic E-state index is -0.770. The van der Waals surface area contributed by atoms with Gasteiger partial charge < -0.3 is 14.8 Å². The fourth-order valence-electron chi connectivity index (χ4n) is 3.60. The van der Waals surface area contributed by atoms with Gasteiger partial charge >= 0.3 is 5.97 Å². The third kappa shape index (κ3) is 5.55. The van der Waals surface area contributed by atoms with Gasteiger partial charge in [0.2, 0.25) is 0 Å². The molecule has 0 radical (unpaired) electrons. The molecule has 0 atom stereocenters. The van der Waals surface area contributed by atoms with Crippen molar-refractivity contribution in [1.82, 2.24) is 9.78 Å². The number of para-hydroxylation sites is 3. The van der Waals surface area contributed by atoms with Gasteiger partial charge in [0.15, 0.2) is 6.61 Å². The Morgan fingerprint density at radius 1 is 1.00 bits per heavy atom. The van der Waals surface area contributed by atoms with Crippen molar-refractivity contribution in [2.45, 2.75) is 6.54 Å². The lowest BCUT2D eigenvalue weighted by Gasteiger charge is -2.09. The highest BCUT2D eigenvalue weighted by Crippen LogP contribution is 2.31. The fraction of sp³-hybridized carbons (Fsp3) is 0.115. The quantitative estimate of drug-likeness (QED) is 0.212. The van der Waals surface area contributed by atoms with Crippen LogP contribution in [0.15, 0.2) is 85.1 Å². The SMILES string of the molecule is COc1ccccc1-c1nn(Cc2ccccc2)cc1C(=O)OCC(=O)Nc1ccccc1[N+](=O)[O-]. The van der Waals surface area contributed by atoms with Gasteiger partial charge in [0.05, 0.1) is 18.6 Å². The zero-order chi connectivity index (χ0) is 25.5. The molecule has 10 nitrogen and oxygen atoms in total. The number of nitrogens with one attached hydrogen (secondary N) is 1. The second kappa shape index (κ2) is 11.0. The molecule has 0 aliphatic heterocycles. The zero-order valence-corrected chi connectivity index (χ0v) is 19.3. The maximum atomic E-state index is 13.0. The maximum absolute atomic E-state index is 13.0. The Kier molecular flexibility index (Phi) is 7.35. The summed E-state index contributed by atoms with van der Waals surface area (Å²) in [5.74, 6) is -0.966. The van der Waals surface area contributed by atoms with Crippen LogP contribution in [0.25, 0.3) is 11.3 Å². The lowest BCUT2D eigenvalue weighted by molar-refractivity contribution is -0.383. The Morgan fingerprint density at radius 3 is 2.44 bits per heavy atom. The third-order valence-electron chi connectivity index (χ3n) is 5.24. The normalized spacial score (nSPS) is 10.5. The number of aromatic nitrogens is 2. The van der Waals surface area contributed by atoms with E-state index in [0.29, 0.717) is 23.6 Å². The highest BCUT2D eigenvalue weighted by molar-refractivity contribution is 5.99. The van der Waals surface area contributed by atoms with Gasteiger partial charge in [0.25, 0.3) is 11.6 Å². The number of benzene rings is 3. The van der Waals surface area contributed by atoms with E-state index in [1.54, 1.807) is 41.2 Å². The molecule has 1 amide bonds. The van der Waals surface area contributed by atoms with E-state index in [1.165, 1.54) is 25.3 Å². The monoisotopic (exact) mass is 486 g/mol. The molecule has 4 aromatic rings. The van der Waals surface area contributed by atoms with Crippen LogP contribution in [0.1, 0.15) is 15.9 Å². The van der Waals surface area contributed by atoms with Crippen LogP contribution in [0, 0.1) is 10.1 Å². The number of ether oxygens (including phenoxy) is 2. The van der Waals surface area contributed by atoms with Crippen LogP contribution in [0.2, 0.25) is 0 Å². The van der Waals surface area contributed by atoms with Crippen LogP contribution in [0.5, 0.6) is 5.75 Å². The number of nitro benzene ring substituents is 1. The third-order valence-corrected chi connectivity index (χ3v) is 5.24. The number of nitrogens with zero attached hydrogens (tertiary/aromatic N) is 3. The molecule has 3 aromatic carbocycles. The number of carbonyl (C=O) groups excluding carboxylic acids is 2. The van der Waals surface area contributed by atoms with Gasteiger partial charge in [-0.1, -0.05) is 54.6 Å². The summed E-state index contributed by atoms with van der Waals surface area (Å²) in [4.78, 5) is 36.0. The van der Waals surface area contributed by atoms with Gasteiger partial charge in [-0.05, 0) is 23.8 Å². The number of amides is 1. The smallest absolute Gasteiger partial charge is 0.342 e. The van der Waals surface area contributed by atoms with E-state index in [9.17, 15) is 19.7 Å². The van der Waals surface area contributed by atoms with E-state index in [4.69, 9.17) is 9.47 Å². The van der Waals surface area contributed by atoms with Gasteiger partial charge in [0.1, 0.15) is 22.7 Å². The molecular weight excluding hydrogens is 464 g/mol. The van der Waals surface area contributed by atoms with Crippen LogP contribution < -0.4 is 10.1 Å². The molecule has 0 saturated carbocycles. The van der Waals surface area contributed by atoms with E-state index in [0.717, 1.165) is 5.56 Å². The van der Waals surface area contributed by atoms with E-state index >= 15 is 0 Å². The summed E-state index contributed by atoms with van der Waals surface area (Å²) in [5.41, 5.74) is 1.80. The molecule has 1 N–H and O–H groups in total. The van der Waals surface area contributed by atoms with Gasteiger partial charge in [-0.25, -0.2) is 4.79 Å². The average Bonchev–Trinajstić information content (AvgIpc) is 3.31. The molecule has 36 heavy (non-hydrogen) atoms. The lowest BCUT2D eigenvalue weighted by atomic mass is 10.1. The maximum Gasteiger partial charge on any atom is 0.342 e. The minimum absolute atomic E-state index is 0.00828. The number of hydrogen-bond acceptors (Lipinski definition) is 7. The van der Waals surface area contributed by atoms with Crippen LogP contribution in [-0.4, -0.2) is 40.3 Å². The van der Waals surface area contributed by atoms with Crippen LogP contribution in [0.4, 0.5) is 11.4 Å². The molecule has 0 unspecified atom stereocenters. The fourth-order valence-corrected chi connectivity index (χ4v) is 3.60. The van der Waals surface area contributed by atoms with Crippen molar-refractivity contribution in [3.63, 3.8) is 0 Å². The first-order valence-corrected chi connectivity index (χ1v) is 10.9. The Hall–Kier alpha value is -4.99. The molecule has 0 saturated heterocycles. The van der Waals surface area contributed by atoms with Crippen LogP contribution in [-0.2, 0) is 16.1 Å². The molecule has 0 spiro atoms. The molecule has 4 rings (SSSR count). The van der Waals surface area contributed by atoms with Gasteiger partial charge in [-0.3, -0.25) is 19.6 Å². The summed E-state index contributed by atoms with van der Waals surface area (Å²) in [7, 11) is 1.52. The predicted molar refractivity (Wildman–Crippen MR) is 132 cm³/mol. The highest BCUT2D eigenvalue weighted by atomic mass is 16.6. The number of anilines is 1. The number of methoxy groups -OCH3 is 1. The summed E-state index contributed by atoms with van der Waals surface area (Å²) < 4.78 is 12.3. The Balaban J connectivity index is 1.56. The second-order valence-corrected chi connectivity index (χ2v) is 7.67. The molecule has 182 valence electrons. The summed E-state index contributed by atoms with van der Waals surface area (Å²) in [6.45, 7) is -0.228. The zero-order valence-electron chi connectivity index (χ0n) is 19.3. The molecule has 10 heteroatoms. The molecule has 0 bridgehead atoms. The first kappa shape index (κ1) is 24.1. The first-order valence-electron chi connectivity index (χ1n) is 10.9. The molecule has 1 heterocycles. The summed E-state index contributed by atoms with van der Waals surface area (Å²) in [5, 5.41) is 18.2. The number of hydrogen-bond donors (Lipinski definition) is 1. The first-order chi connectivity index (χ1) is 17.5. The van der Waals surface area contributed by atoms with Gasteiger partial charge in [-0.15, -0.1) is 0 Å². The average molecular weight is 486 g/mol. The molecule has 0 aliphatic rings. The minimum Gasteiger partial charge on any atom is -0.496 e. The van der Waals surface area contributed by atoms with Crippen molar-refractivity contribution in [3.05, 3.63) is 106 Å². The van der Waals surface area contributed by atoms with Crippen molar-refractivity contribution in [2.75, 3.05) is 19.0 Å². The van der Waals surface area contributed by atoms with E-state index in [1.807, 2.05) is 30.3 Å². The summed E-state index contributed by atoms with van der Waals surface area (Å²) in [6, 6.07) is 22.4. The van der Waals surface area contributed by atoms with Gasteiger partial charge in [0, 0.05) is 17.8 Å². The topological polar surface area (TPSA) is 126 Å². The summed E-state index contributed by atoms with van der Waals surface area (Å²) in [6.07, 6.45) is 1.55. The summed E-state index contributed by atoms with van der Waals surface area (Å²) >= 11 is 0. The van der Waals surface area contributed by atoms with E-state index in [-0.39, 0.29) is 16.9 Å².